The molecule has 0 unspecified atom stereocenters. The van der Waals surface area contributed by atoms with Crippen molar-refractivity contribution in [3.8, 4) is 11.1 Å². The van der Waals surface area contributed by atoms with Gasteiger partial charge in [-0.3, -0.25) is 9.59 Å². The number of carbonyl (C=O) groups is 2. The molecule has 0 aromatic heterocycles. The van der Waals surface area contributed by atoms with E-state index in [1.165, 1.54) is 18.4 Å². The highest BCUT2D eigenvalue weighted by Crippen LogP contribution is 2.26. The van der Waals surface area contributed by atoms with E-state index in [-0.39, 0.29) is 12.2 Å². The van der Waals surface area contributed by atoms with Crippen molar-refractivity contribution in [1.82, 2.24) is 0 Å². The molecule has 0 aliphatic rings. The molecule has 176 valence electrons. The highest BCUT2D eigenvalue weighted by Gasteiger charge is 2.30. The average molecular weight is 456 g/mol. The topological polar surface area (TPSA) is 66.4 Å². The molecule has 4 nitrogen and oxygen atoms in total. The van der Waals surface area contributed by atoms with Gasteiger partial charge >= 0.3 is 5.97 Å². The lowest BCUT2D eigenvalue weighted by Gasteiger charge is -2.17. The maximum absolute atomic E-state index is 12.5. The summed E-state index contributed by atoms with van der Waals surface area (Å²) in [4.78, 5) is 23.7. The molecule has 0 saturated heterocycles. The first-order valence-corrected chi connectivity index (χ1v) is 11.7. The predicted octanol–water partition coefficient (Wildman–Crippen LogP) is 7.46. The summed E-state index contributed by atoms with van der Waals surface area (Å²) in [6.07, 6.45) is 3.47. The molecule has 3 aromatic rings. The van der Waals surface area contributed by atoms with Crippen molar-refractivity contribution in [2.75, 3.05) is 5.32 Å². The zero-order valence-corrected chi connectivity index (χ0v) is 20.2. The first-order valence-electron chi connectivity index (χ1n) is 11.7. The van der Waals surface area contributed by atoms with Crippen molar-refractivity contribution < 1.29 is 14.7 Å². The van der Waals surface area contributed by atoms with Gasteiger partial charge in [0.05, 0.1) is 5.41 Å². The van der Waals surface area contributed by atoms with Gasteiger partial charge in [0, 0.05) is 23.4 Å². The van der Waals surface area contributed by atoms with Crippen LogP contribution >= 0.6 is 0 Å². The van der Waals surface area contributed by atoms with Gasteiger partial charge in [0.25, 0.3) is 0 Å². The van der Waals surface area contributed by atoms with Crippen molar-refractivity contribution in [2.24, 2.45) is 5.41 Å². The summed E-state index contributed by atoms with van der Waals surface area (Å²) >= 11 is 0. The largest absolute Gasteiger partial charge is 0.481 e. The number of ketones is 1. The molecule has 3 aromatic carbocycles. The third-order valence-corrected chi connectivity index (χ3v) is 6.02. The first kappa shape index (κ1) is 25.0. The molecule has 3 rings (SSSR count). The van der Waals surface area contributed by atoms with Crippen LogP contribution in [0, 0.1) is 5.41 Å². The summed E-state index contributed by atoms with van der Waals surface area (Å²) in [5.41, 5.74) is 5.67. The lowest BCUT2D eigenvalue weighted by molar-refractivity contribution is -0.146. The van der Waals surface area contributed by atoms with Crippen LogP contribution in [0.2, 0.25) is 0 Å². The molecule has 0 bridgehead atoms. The fourth-order valence-electron chi connectivity index (χ4n) is 3.67. The Morgan fingerprint density at radius 1 is 0.853 bits per heavy atom. The van der Waals surface area contributed by atoms with Gasteiger partial charge in [0.1, 0.15) is 0 Å². The smallest absolute Gasteiger partial charge is 0.309 e. The number of Topliss-reactive ketones (excluding diaryl/α,β-unsaturated/α-hetero) is 1. The van der Waals surface area contributed by atoms with E-state index in [0.717, 1.165) is 34.5 Å². The Labute approximate surface area is 202 Å². The normalized spacial score (nSPS) is 11.1. The van der Waals surface area contributed by atoms with Gasteiger partial charge in [-0.1, -0.05) is 80.6 Å². The Kier molecular flexibility index (Phi) is 8.06. The summed E-state index contributed by atoms with van der Waals surface area (Å²) in [6.45, 7) is 9.50. The molecule has 0 aliphatic carbocycles. The van der Waals surface area contributed by atoms with Gasteiger partial charge in [-0.2, -0.15) is 0 Å². The minimum Gasteiger partial charge on any atom is -0.481 e. The Morgan fingerprint density at radius 3 is 1.91 bits per heavy atom. The van der Waals surface area contributed by atoms with E-state index in [1.807, 2.05) is 36.4 Å². The van der Waals surface area contributed by atoms with E-state index in [2.05, 4.69) is 43.1 Å². The number of nitrogens with one attached hydrogen (secondary N) is 1. The van der Waals surface area contributed by atoms with E-state index in [0.29, 0.717) is 5.56 Å². The number of anilines is 1. The SMILES string of the molecule is C=C(Nc1ccc(-c2ccc(C(=O)CC(C)(C)C(=O)O)cc2)cc1)c1ccc(CCCC)cc1. The number of aliphatic carboxylic acids is 1. The summed E-state index contributed by atoms with van der Waals surface area (Å²) in [5, 5.41) is 12.6. The Hall–Kier alpha value is -3.66. The van der Waals surface area contributed by atoms with Crippen molar-refractivity contribution in [1.29, 1.82) is 0 Å². The number of rotatable bonds is 11. The second-order valence-corrected chi connectivity index (χ2v) is 9.35. The zero-order valence-electron chi connectivity index (χ0n) is 20.2. The summed E-state index contributed by atoms with van der Waals surface area (Å²) in [6, 6.07) is 23.9. The maximum Gasteiger partial charge on any atom is 0.309 e. The maximum atomic E-state index is 12.5. The van der Waals surface area contributed by atoms with Gasteiger partial charge in [0.2, 0.25) is 0 Å². The van der Waals surface area contributed by atoms with Crippen LogP contribution < -0.4 is 5.32 Å². The van der Waals surface area contributed by atoms with Crippen LogP contribution in [0.15, 0.2) is 79.4 Å². The summed E-state index contributed by atoms with van der Waals surface area (Å²) < 4.78 is 0. The number of hydrogen-bond acceptors (Lipinski definition) is 3. The van der Waals surface area contributed by atoms with E-state index in [9.17, 15) is 14.7 Å². The van der Waals surface area contributed by atoms with Crippen molar-refractivity contribution >= 4 is 23.1 Å². The van der Waals surface area contributed by atoms with Crippen LogP contribution in [0.3, 0.4) is 0 Å². The Balaban J connectivity index is 1.62. The van der Waals surface area contributed by atoms with Crippen LogP contribution in [0.4, 0.5) is 5.69 Å². The fourth-order valence-corrected chi connectivity index (χ4v) is 3.67. The van der Waals surface area contributed by atoms with Crippen LogP contribution in [0.5, 0.6) is 0 Å². The Morgan fingerprint density at radius 2 is 1.38 bits per heavy atom. The van der Waals surface area contributed by atoms with E-state index < -0.39 is 11.4 Å². The lowest BCUT2D eigenvalue weighted by Crippen LogP contribution is -2.26. The zero-order chi connectivity index (χ0) is 24.7. The number of carbonyl (C=O) groups excluding carboxylic acids is 1. The van der Waals surface area contributed by atoms with Gasteiger partial charge in [0.15, 0.2) is 5.78 Å². The minimum atomic E-state index is -1.08. The van der Waals surface area contributed by atoms with E-state index in [1.54, 1.807) is 26.0 Å². The van der Waals surface area contributed by atoms with Crippen LogP contribution in [0.1, 0.15) is 61.5 Å². The molecule has 0 saturated carbocycles. The molecule has 0 aliphatic heterocycles. The van der Waals surface area contributed by atoms with Gasteiger partial charge in [-0.05, 0) is 61.1 Å². The van der Waals surface area contributed by atoms with Crippen molar-refractivity contribution in [2.45, 2.75) is 46.5 Å². The molecule has 0 amide bonds. The quantitative estimate of drug-likeness (QED) is 0.294. The molecule has 0 atom stereocenters. The van der Waals surface area contributed by atoms with Crippen molar-refractivity contribution in [3.05, 3.63) is 96.1 Å². The minimum absolute atomic E-state index is 0.0343. The molecular weight excluding hydrogens is 422 g/mol. The lowest BCUT2D eigenvalue weighted by atomic mass is 9.85. The Bertz CT molecular complexity index is 1140. The third-order valence-electron chi connectivity index (χ3n) is 6.02. The molecule has 34 heavy (non-hydrogen) atoms. The van der Waals surface area contributed by atoms with Crippen LogP contribution in [0.25, 0.3) is 16.8 Å². The molecule has 0 heterocycles. The highest BCUT2D eigenvalue weighted by molar-refractivity contribution is 5.99. The monoisotopic (exact) mass is 455 g/mol. The number of benzene rings is 3. The number of hydrogen-bond donors (Lipinski definition) is 2. The predicted molar refractivity (Wildman–Crippen MR) is 140 cm³/mol. The number of aryl methyl sites for hydroxylation is 1. The van der Waals surface area contributed by atoms with E-state index in [4.69, 9.17) is 0 Å². The molecule has 0 radical (unpaired) electrons. The second kappa shape index (κ2) is 11.0. The van der Waals surface area contributed by atoms with Gasteiger partial charge in [-0.25, -0.2) is 0 Å². The fraction of sp³-hybridized carbons (Fsp3) is 0.267. The third kappa shape index (κ3) is 6.44. The number of carboxylic acids is 1. The standard InChI is InChI=1S/C30H33NO3/c1-5-6-7-22-8-10-23(11-9-22)21(2)31-27-18-16-25(17-19-27)24-12-14-26(15-13-24)28(32)20-30(3,4)29(33)34/h8-19,31H,2,5-7,20H2,1,3-4H3,(H,33,34). The number of unbranched alkanes of at least 4 members (excludes halogenated alkanes) is 1. The molecule has 0 fully saturated rings. The highest BCUT2D eigenvalue weighted by atomic mass is 16.4. The summed E-state index contributed by atoms with van der Waals surface area (Å²) in [7, 11) is 0. The van der Waals surface area contributed by atoms with Crippen LogP contribution in [-0.4, -0.2) is 16.9 Å². The molecule has 2 N–H and O–H groups in total. The van der Waals surface area contributed by atoms with E-state index >= 15 is 0 Å². The number of carboxylic acid groups (broad SMARTS) is 1. The van der Waals surface area contributed by atoms with Crippen molar-refractivity contribution in [3.63, 3.8) is 0 Å². The summed E-state index contributed by atoms with van der Waals surface area (Å²) in [5.74, 6) is -1.15. The molecule has 0 spiro atoms. The van der Waals surface area contributed by atoms with Gasteiger partial charge in [-0.15, -0.1) is 0 Å². The van der Waals surface area contributed by atoms with Gasteiger partial charge < -0.3 is 10.4 Å². The first-order chi connectivity index (χ1) is 16.2. The molecule has 4 heteroatoms. The van der Waals surface area contributed by atoms with Crippen LogP contribution in [-0.2, 0) is 11.2 Å². The average Bonchev–Trinajstić information content (AvgIpc) is 2.83. The second-order valence-electron chi connectivity index (χ2n) is 9.35. The molecular formula is C30H33NO3.